The van der Waals surface area contributed by atoms with E-state index >= 15 is 0 Å². The second-order valence-corrected chi connectivity index (χ2v) is 0.349. The summed E-state index contributed by atoms with van der Waals surface area (Å²) >= 11 is -1.79. The van der Waals surface area contributed by atoms with Gasteiger partial charge in [0.05, 0.1) is 0 Å². The Kier molecular flexibility index (Phi) is 13400. The van der Waals surface area contributed by atoms with Gasteiger partial charge in [-0.1, -0.05) is 0 Å². The standard InChI is InChI=1S/7H2O.2O.Ru/h7*1H2;;;. The summed E-state index contributed by atoms with van der Waals surface area (Å²) in [7, 11) is 0. The van der Waals surface area contributed by atoms with E-state index < -0.39 is 17.0 Å². The van der Waals surface area contributed by atoms with E-state index in [0.717, 1.165) is 0 Å². The quantitative estimate of drug-likeness (QED) is 0.384. The normalized spacial score (nSPS) is 1.60. The van der Waals surface area contributed by atoms with Crippen molar-refractivity contribution in [2.45, 2.75) is 0 Å². The van der Waals surface area contributed by atoms with Crippen LogP contribution >= 0.6 is 0 Å². The van der Waals surface area contributed by atoms with Crippen LogP contribution in [0.25, 0.3) is 0 Å². The molecule has 0 amide bonds. The minimum absolute atomic E-state index is 0. The van der Waals surface area contributed by atoms with Crippen molar-refractivity contribution in [1.29, 1.82) is 0 Å². The van der Waals surface area contributed by atoms with Gasteiger partial charge in [0.1, 0.15) is 0 Å². The molecule has 0 rings (SSSR count). The SMILES string of the molecule is O.O.O.O.O.O.O.[O]=[Ru]=[O]. The molecular formula is H14O9Ru. The second kappa shape index (κ2) is 634. The predicted octanol–water partition coefficient (Wildman–Crippen LogP) is -6.01. The van der Waals surface area contributed by atoms with Crippen LogP contribution in [-0.4, -0.2) is 38.3 Å². The Morgan fingerprint density at radius 2 is 0.500 bits per heavy atom. The third kappa shape index (κ3) is 119000. The molecule has 0 aliphatic carbocycles. The van der Waals surface area contributed by atoms with Gasteiger partial charge in [-0.05, 0) is 0 Å². The van der Waals surface area contributed by atoms with Crippen LogP contribution in [0.4, 0.5) is 0 Å². The van der Waals surface area contributed by atoms with E-state index in [4.69, 9.17) is 7.15 Å². The van der Waals surface area contributed by atoms with E-state index in [1.807, 2.05) is 0 Å². The Bertz CT molecular complexity index is 25.7. The molecule has 0 fully saturated rings. The van der Waals surface area contributed by atoms with E-state index in [-0.39, 0.29) is 38.3 Å². The van der Waals surface area contributed by atoms with Crippen LogP contribution in [0.2, 0.25) is 0 Å². The second-order valence-electron chi connectivity index (χ2n) is 0.0589. The molecule has 0 aliphatic rings. The van der Waals surface area contributed by atoms with Gasteiger partial charge in [0.25, 0.3) is 0 Å². The first-order valence-corrected chi connectivity index (χ1v) is 1.71. The van der Waals surface area contributed by atoms with Crippen LogP contribution in [-0.2, 0) is 24.2 Å². The van der Waals surface area contributed by atoms with Crippen LogP contribution in [0.5, 0.6) is 0 Å². The Morgan fingerprint density at radius 1 is 0.500 bits per heavy atom. The molecule has 0 bridgehead atoms. The number of rotatable bonds is 0. The molecule has 0 saturated carbocycles. The molecule has 0 atom stereocenters. The van der Waals surface area contributed by atoms with Gasteiger partial charge in [-0.15, -0.1) is 0 Å². The molecule has 0 aromatic heterocycles. The van der Waals surface area contributed by atoms with Gasteiger partial charge in [0, 0.05) is 0 Å². The fourth-order valence-corrected chi connectivity index (χ4v) is 0. The molecule has 0 aromatic rings. The minimum atomic E-state index is -1.79. The zero-order valence-corrected chi connectivity index (χ0v) is 6.41. The number of hydrogen-bond acceptors (Lipinski definition) is 2. The first-order chi connectivity index (χ1) is 1.41. The van der Waals surface area contributed by atoms with Crippen molar-refractivity contribution in [2.75, 3.05) is 0 Å². The molecule has 9 nitrogen and oxygen atoms in total. The molecule has 76 valence electrons. The average molecular weight is 259 g/mol. The van der Waals surface area contributed by atoms with E-state index in [2.05, 4.69) is 0 Å². The summed E-state index contributed by atoms with van der Waals surface area (Å²) in [6.07, 6.45) is 0. The van der Waals surface area contributed by atoms with E-state index in [0.29, 0.717) is 0 Å². The maximum absolute atomic E-state index is 8.46. The fourth-order valence-electron chi connectivity index (χ4n) is 0. The molecule has 0 heterocycles. The molecule has 0 unspecified atom stereocenters. The van der Waals surface area contributed by atoms with Crippen LogP contribution in [0.1, 0.15) is 0 Å². The van der Waals surface area contributed by atoms with Crippen LogP contribution in [0.15, 0.2) is 0 Å². The van der Waals surface area contributed by atoms with Gasteiger partial charge in [-0.25, -0.2) is 0 Å². The summed E-state index contributed by atoms with van der Waals surface area (Å²) in [5.74, 6) is 0. The van der Waals surface area contributed by atoms with Gasteiger partial charge in [0.2, 0.25) is 0 Å². The van der Waals surface area contributed by atoms with Crippen molar-refractivity contribution in [3.63, 3.8) is 0 Å². The van der Waals surface area contributed by atoms with E-state index in [1.165, 1.54) is 0 Å². The van der Waals surface area contributed by atoms with Crippen molar-refractivity contribution in [2.24, 2.45) is 0 Å². The molecular weight excluding hydrogens is 245 g/mol. The molecule has 0 saturated heterocycles. The van der Waals surface area contributed by atoms with Crippen molar-refractivity contribution in [3.05, 3.63) is 0 Å². The molecule has 0 spiro atoms. The molecule has 0 radical (unpaired) electrons. The van der Waals surface area contributed by atoms with E-state index in [9.17, 15) is 0 Å². The van der Waals surface area contributed by atoms with Gasteiger partial charge >= 0.3 is 24.2 Å². The predicted molar refractivity (Wildman–Crippen MR) is 26.7 cm³/mol. The monoisotopic (exact) mass is 260 g/mol. The molecule has 0 aromatic carbocycles. The van der Waals surface area contributed by atoms with Crippen LogP contribution in [0.3, 0.4) is 0 Å². The van der Waals surface area contributed by atoms with Crippen LogP contribution in [0, 0.1) is 0 Å². The maximum atomic E-state index is 8.46. The Hall–Kier alpha value is -0.0566. The molecule has 14 N–H and O–H groups in total. The van der Waals surface area contributed by atoms with Crippen molar-refractivity contribution in [1.82, 2.24) is 0 Å². The molecule has 0 aliphatic heterocycles. The Balaban J connectivity index is -0.000000000952. The first kappa shape index (κ1) is 211. The summed E-state index contributed by atoms with van der Waals surface area (Å²) in [5, 5.41) is 0. The topological polar surface area (TPSA) is 255 Å². The van der Waals surface area contributed by atoms with Gasteiger partial charge in [-0.3, -0.25) is 0 Å². The summed E-state index contributed by atoms with van der Waals surface area (Å²) in [4.78, 5) is 0. The Morgan fingerprint density at radius 3 is 0.500 bits per heavy atom. The van der Waals surface area contributed by atoms with Gasteiger partial charge in [0.15, 0.2) is 0 Å². The third-order valence-electron chi connectivity index (χ3n) is 0. The summed E-state index contributed by atoms with van der Waals surface area (Å²) < 4.78 is 16.9. The first-order valence-electron chi connectivity index (χ1n) is 0.289. The molecule has 10 heteroatoms. The third-order valence-corrected chi connectivity index (χ3v) is 0. The van der Waals surface area contributed by atoms with Crippen molar-refractivity contribution >= 4 is 0 Å². The Labute approximate surface area is 63.3 Å². The van der Waals surface area contributed by atoms with Crippen molar-refractivity contribution in [3.8, 4) is 0 Å². The van der Waals surface area contributed by atoms with Crippen molar-refractivity contribution < 1.29 is 62.5 Å². The fraction of sp³-hybridized carbons (Fsp3) is 0. The van der Waals surface area contributed by atoms with Crippen LogP contribution < -0.4 is 0 Å². The summed E-state index contributed by atoms with van der Waals surface area (Å²) in [5.41, 5.74) is 0. The van der Waals surface area contributed by atoms with E-state index in [1.54, 1.807) is 0 Å². The zero-order valence-electron chi connectivity index (χ0n) is 4.67. The number of hydrogen-bond donors (Lipinski definition) is 0. The van der Waals surface area contributed by atoms with Gasteiger partial charge < -0.3 is 38.3 Å². The van der Waals surface area contributed by atoms with Gasteiger partial charge in [-0.2, -0.15) is 0 Å². The molecule has 10 heavy (non-hydrogen) atoms. The summed E-state index contributed by atoms with van der Waals surface area (Å²) in [6.45, 7) is 0. The zero-order chi connectivity index (χ0) is 2.71. The average Bonchev–Trinajstić information content (AvgIpc) is 0.918. The summed E-state index contributed by atoms with van der Waals surface area (Å²) in [6, 6.07) is 0.